The van der Waals surface area contributed by atoms with Gasteiger partial charge in [0.1, 0.15) is 0 Å². The first kappa shape index (κ1) is 16.2. The zero-order chi connectivity index (χ0) is 18.2. The molecule has 1 aliphatic heterocycles. The predicted molar refractivity (Wildman–Crippen MR) is 114 cm³/mol. The minimum Gasteiger partial charge on any atom is -0.378 e. The smallest absolute Gasteiger partial charge is 0.0554 e. The molecular formula is C25H24N2. The van der Waals surface area contributed by atoms with Gasteiger partial charge >= 0.3 is 0 Å². The Kier molecular flexibility index (Phi) is 3.97. The second-order valence-electron chi connectivity index (χ2n) is 7.68. The molecule has 2 aliphatic rings. The van der Waals surface area contributed by atoms with Crippen LogP contribution in [-0.2, 0) is 0 Å². The number of hydrogen-bond donors (Lipinski definition) is 2. The third-order valence-electron chi connectivity index (χ3n) is 5.83. The lowest BCUT2D eigenvalue weighted by Gasteiger charge is -2.38. The molecule has 2 nitrogen and oxygen atoms in total. The molecule has 27 heavy (non-hydrogen) atoms. The highest BCUT2D eigenvalue weighted by molar-refractivity contribution is 5.68. The van der Waals surface area contributed by atoms with Crippen molar-refractivity contribution in [1.82, 2.24) is 0 Å². The number of aryl methyl sites for hydroxylation is 1. The van der Waals surface area contributed by atoms with Crippen LogP contribution in [0.2, 0.25) is 0 Å². The zero-order valence-electron chi connectivity index (χ0n) is 15.5. The summed E-state index contributed by atoms with van der Waals surface area (Å²) in [4.78, 5) is 0. The summed E-state index contributed by atoms with van der Waals surface area (Å²) >= 11 is 0. The van der Waals surface area contributed by atoms with Crippen LogP contribution in [0.4, 0.5) is 17.1 Å². The topological polar surface area (TPSA) is 24.1 Å². The van der Waals surface area contributed by atoms with Gasteiger partial charge in [0.25, 0.3) is 0 Å². The Hall–Kier alpha value is -3.00. The molecule has 1 heterocycles. The number of para-hydroxylation sites is 1. The third-order valence-corrected chi connectivity index (χ3v) is 5.83. The zero-order valence-corrected chi connectivity index (χ0v) is 15.5. The maximum atomic E-state index is 3.84. The summed E-state index contributed by atoms with van der Waals surface area (Å²) in [5.74, 6) is 1.05. The number of allylic oxidation sites excluding steroid dienone is 2. The molecule has 0 aromatic heterocycles. The van der Waals surface area contributed by atoms with E-state index < -0.39 is 0 Å². The van der Waals surface area contributed by atoms with Crippen molar-refractivity contribution in [2.75, 3.05) is 10.6 Å². The van der Waals surface area contributed by atoms with Crippen LogP contribution in [0.15, 0.2) is 84.9 Å². The molecule has 3 aromatic carbocycles. The standard InChI is InChI=1S/C25H24N2/c1-17-7-5-8-18(15-17)25-22-12-6-11-21(22)23-16-20(13-14-24(23)27-25)26-19-9-3-2-4-10-19/h2-11,13-16,21-22,25-27H,12H2,1H3. The fraction of sp³-hybridized carbons (Fsp3) is 0.200. The average molecular weight is 352 g/mol. The predicted octanol–water partition coefficient (Wildman–Crippen LogP) is 6.57. The number of rotatable bonds is 3. The van der Waals surface area contributed by atoms with E-state index in [9.17, 15) is 0 Å². The number of fused-ring (bicyclic) bond motifs is 3. The van der Waals surface area contributed by atoms with Crippen molar-refractivity contribution in [3.63, 3.8) is 0 Å². The van der Waals surface area contributed by atoms with E-state index in [1.54, 1.807) is 0 Å². The van der Waals surface area contributed by atoms with Gasteiger partial charge in [0.15, 0.2) is 0 Å². The maximum absolute atomic E-state index is 3.84. The van der Waals surface area contributed by atoms with Crippen molar-refractivity contribution in [2.24, 2.45) is 5.92 Å². The van der Waals surface area contributed by atoms with Crippen LogP contribution in [-0.4, -0.2) is 0 Å². The Morgan fingerprint density at radius 2 is 1.78 bits per heavy atom. The van der Waals surface area contributed by atoms with E-state index >= 15 is 0 Å². The van der Waals surface area contributed by atoms with Crippen molar-refractivity contribution in [1.29, 1.82) is 0 Å². The Morgan fingerprint density at radius 1 is 0.889 bits per heavy atom. The fourth-order valence-electron chi connectivity index (χ4n) is 4.55. The van der Waals surface area contributed by atoms with E-state index in [0.717, 1.165) is 17.8 Å². The van der Waals surface area contributed by atoms with Gasteiger partial charge in [-0.2, -0.15) is 0 Å². The molecule has 0 fully saturated rings. The first-order valence-corrected chi connectivity index (χ1v) is 9.74. The maximum Gasteiger partial charge on any atom is 0.0554 e. The van der Waals surface area contributed by atoms with Gasteiger partial charge in [0, 0.05) is 23.0 Å². The lowest BCUT2D eigenvalue weighted by molar-refractivity contribution is 0.425. The molecule has 0 saturated carbocycles. The molecule has 3 aromatic rings. The van der Waals surface area contributed by atoms with E-state index in [-0.39, 0.29) is 0 Å². The van der Waals surface area contributed by atoms with Crippen molar-refractivity contribution >= 4 is 17.1 Å². The minimum absolute atomic E-state index is 0.366. The Balaban J connectivity index is 1.49. The van der Waals surface area contributed by atoms with Crippen LogP contribution in [0.5, 0.6) is 0 Å². The highest BCUT2D eigenvalue weighted by atomic mass is 15.0. The van der Waals surface area contributed by atoms with Gasteiger partial charge in [0.05, 0.1) is 6.04 Å². The van der Waals surface area contributed by atoms with E-state index in [1.807, 2.05) is 6.07 Å². The summed E-state index contributed by atoms with van der Waals surface area (Å²) in [5, 5.41) is 7.37. The molecule has 3 atom stereocenters. The highest BCUT2D eigenvalue weighted by Gasteiger charge is 2.37. The summed E-state index contributed by atoms with van der Waals surface area (Å²) < 4.78 is 0. The van der Waals surface area contributed by atoms with Gasteiger partial charge in [-0.25, -0.2) is 0 Å². The minimum atomic E-state index is 0.366. The summed E-state index contributed by atoms with van der Waals surface area (Å²) in [7, 11) is 0. The molecule has 134 valence electrons. The summed E-state index contributed by atoms with van der Waals surface area (Å²) in [6.45, 7) is 2.17. The molecule has 5 rings (SSSR count). The van der Waals surface area contributed by atoms with Gasteiger partial charge in [-0.1, -0.05) is 60.2 Å². The van der Waals surface area contributed by atoms with Crippen LogP contribution in [0, 0.1) is 12.8 Å². The van der Waals surface area contributed by atoms with Crippen LogP contribution in [0.3, 0.4) is 0 Å². The van der Waals surface area contributed by atoms with Crippen LogP contribution in [0.1, 0.15) is 35.1 Å². The highest BCUT2D eigenvalue weighted by Crippen LogP contribution is 2.50. The molecule has 1 aliphatic carbocycles. The lowest BCUT2D eigenvalue weighted by atomic mass is 9.77. The van der Waals surface area contributed by atoms with Crippen molar-refractivity contribution < 1.29 is 0 Å². The lowest BCUT2D eigenvalue weighted by Crippen LogP contribution is -2.29. The molecule has 0 bridgehead atoms. The van der Waals surface area contributed by atoms with Crippen LogP contribution < -0.4 is 10.6 Å². The SMILES string of the molecule is Cc1cccc(C2Nc3ccc(Nc4ccccc4)cc3C3C=CCC32)c1. The van der Waals surface area contributed by atoms with Crippen molar-refractivity contribution in [3.8, 4) is 0 Å². The van der Waals surface area contributed by atoms with Crippen molar-refractivity contribution in [2.45, 2.75) is 25.3 Å². The van der Waals surface area contributed by atoms with Gasteiger partial charge in [0.2, 0.25) is 0 Å². The summed E-state index contributed by atoms with van der Waals surface area (Å²) in [6.07, 6.45) is 5.89. The second kappa shape index (κ2) is 6.62. The first-order valence-electron chi connectivity index (χ1n) is 9.74. The van der Waals surface area contributed by atoms with Crippen molar-refractivity contribution in [3.05, 3.63) is 102 Å². The average Bonchev–Trinajstić information content (AvgIpc) is 3.18. The van der Waals surface area contributed by atoms with Gasteiger partial charge in [-0.15, -0.1) is 0 Å². The summed E-state index contributed by atoms with van der Waals surface area (Å²) in [6, 6.07) is 26.4. The van der Waals surface area contributed by atoms with Crippen LogP contribution in [0.25, 0.3) is 0 Å². The molecule has 3 unspecified atom stereocenters. The van der Waals surface area contributed by atoms with Gasteiger partial charge in [-0.3, -0.25) is 0 Å². The Labute approximate surface area is 160 Å². The van der Waals surface area contributed by atoms with E-state index in [1.165, 1.54) is 22.4 Å². The van der Waals surface area contributed by atoms with Gasteiger partial charge in [-0.05, 0) is 60.7 Å². The van der Waals surface area contributed by atoms with E-state index in [4.69, 9.17) is 0 Å². The molecule has 0 amide bonds. The molecule has 0 saturated heterocycles. The Morgan fingerprint density at radius 3 is 2.63 bits per heavy atom. The summed E-state index contributed by atoms with van der Waals surface area (Å²) in [5.41, 5.74) is 7.65. The molecule has 0 radical (unpaired) electrons. The quantitative estimate of drug-likeness (QED) is 0.521. The third kappa shape index (κ3) is 3.02. The number of hydrogen-bond acceptors (Lipinski definition) is 2. The molecule has 2 heteroatoms. The number of benzene rings is 3. The Bertz CT molecular complexity index is 990. The molecule has 2 N–H and O–H groups in total. The first-order chi connectivity index (χ1) is 13.3. The largest absolute Gasteiger partial charge is 0.378 e. The number of anilines is 3. The van der Waals surface area contributed by atoms with Gasteiger partial charge < -0.3 is 10.6 Å². The van der Waals surface area contributed by atoms with Crippen LogP contribution >= 0.6 is 0 Å². The molecule has 0 spiro atoms. The van der Waals surface area contributed by atoms with E-state index in [2.05, 4.69) is 96.4 Å². The number of nitrogens with one attached hydrogen (secondary N) is 2. The fourth-order valence-corrected chi connectivity index (χ4v) is 4.55. The molecular weight excluding hydrogens is 328 g/mol. The van der Waals surface area contributed by atoms with E-state index in [0.29, 0.717) is 17.9 Å². The second-order valence-corrected chi connectivity index (χ2v) is 7.68. The normalized spacial score (nSPS) is 22.6. The monoisotopic (exact) mass is 352 g/mol.